The lowest BCUT2D eigenvalue weighted by Crippen LogP contribution is -2.35. The SMILES string of the molecule is C[C@H](CN[C@H](C(=O)Nc1ccc(-c2ccc(=O)n(C)n2)cn1)c1ccccc1)c1ccc(C#N)cc1. The zero-order chi connectivity index (χ0) is 25.5. The van der Waals surface area contributed by atoms with E-state index in [4.69, 9.17) is 5.26 Å². The molecule has 1 amide bonds. The Morgan fingerprint density at radius 1 is 1.00 bits per heavy atom. The predicted molar refractivity (Wildman–Crippen MR) is 138 cm³/mol. The van der Waals surface area contributed by atoms with E-state index in [2.05, 4.69) is 33.7 Å². The monoisotopic (exact) mass is 478 g/mol. The minimum Gasteiger partial charge on any atom is -0.309 e. The van der Waals surface area contributed by atoms with E-state index >= 15 is 0 Å². The maximum absolute atomic E-state index is 13.3. The summed E-state index contributed by atoms with van der Waals surface area (Å²) in [6.07, 6.45) is 1.61. The molecule has 0 aliphatic rings. The highest BCUT2D eigenvalue weighted by Crippen LogP contribution is 2.21. The second-order valence-electron chi connectivity index (χ2n) is 8.49. The minimum atomic E-state index is -0.584. The highest BCUT2D eigenvalue weighted by Gasteiger charge is 2.22. The number of benzene rings is 2. The number of hydrogen-bond donors (Lipinski definition) is 2. The van der Waals surface area contributed by atoms with E-state index in [0.717, 1.165) is 16.7 Å². The lowest BCUT2D eigenvalue weighted by molar-refractivity contribution is -0.118. The molecule has 0 saturated carbocycles. The first kappa shape index (κ1) is 24.5. The number of anilines is 1. The molecule has 2 aromatic carbocycles. The van der Waals surface area contributed by atoms with Crippen LogP contribution in [0.5, 0.6) is 0 Å². The molecule has 2 aromatic heterocycles. The summed E-state index contributed by atoms with van der Waals surface area (Å²) in [5.74, 6) is 0.314. The molecule has 8 nitrogen and oxygen atoms in total. The van der Waals surface area contributed by atoms with Crippen LogP contribution in [0.2, 0.25) is 0 Å². The van der Waals surface area contributed by atoms with Crippen LogP contribution in [0.15, 0.2) is 89.9 Å². The zero-order valence-corrected chi connectivity index (χ0v) is 20.1. The van der Waals surface area contributed by atoms with Crippen molar-refractivity contribution in [1.29, 1.82) is 5.26 Å². The standard InChI is InChI=1S/C28H26N6O2/c1-19(21-10-8-20(16-29)9-11-21)17-31-27(22-6-4-3-5-7-22)28(36)32-25-14-12-23(18-30-25)24-13-15-26(35)34(2)33-24/h3-15,18-19,27,31H,17H2,1-2H3,(H,30,32,36)/t19-,27+/m1/s1. The molecule has 4 rings (SSSR count). The van der Waals surface area contributed by atoms with Gasteiger partial charge in [-0.1, -0.05) is 49.4 Å². The molecule has 0 fully saturated rings. The minimum absolute atomic E-state index is 0.128. The Bertz CT molecular complexity index is 1420. The summed E-state index contributed by atoms with van der Waals surface area (Å²) in [6.45, 7) is 2.63. The molecule has 0 unspecified atom stereocenters. The van der Waals surface area contributed by atoms with Crippen LogP contribution >= 0.6 is 0 Å². The van der Waals surface area contributed by atoms with Gasteiger partial charge in [0.05, 0.1) is 17.3 Å². The average molecular weight is 479 g/mol. The normalized spacial score (nSPS) is 12.4. The Labute approximate surface area is 209 Å². The average Bonchev–Trinajstić information content (AvgIpc) is 2.91. The first-order valence-electron chi connectivity index (χ1n) is 11.5. The van der Waals surface area contributed by atoms with Gasteiger partial charge in [-0.05, 0) is 47.4 Å². The number of hydrogen-bond acceptors (Lipinski definition) is 6. The number of amides is 1. The van der Waals surface area contributed by atoms with Crippen LogP contribution in [0.3, 0.4) is 0 Å². The summed E-state index contributed by atoms with van der Waals surface area (Å²) in [4.78, 5) is 29.2. The number of aromatic nitrogens is 3. The van der Waals surface area contributed by atoms with Crippen molar-refractivity contribution >= 4 is 11.7 Å². The van der Waals surface area contributed by atoms with Crippen LogP contribution in [-0.2, 0) is 11.8 Å². The summed E-state index contributed by atoms with van der Waals surface area (Å²) in [5.41, 5.74) is 3.70. The van der Waals surface area contributed by atoms with Gasteiger partial charge in [-0.2, -0.15) is 10.4 Å². The third kappa shape index (κ3) is 5.90. The molecule has 36 heavy (non-hydrogen) atoms. The van der Waals surface area contributed by atoms with Gasteiger partial charge in [-0.15, -0.1) is 0 Å². The third-order valence-electron chi connectivity index (χ3n) is 5.90. The number of nitrogens with zero attached hydrogens (tertiary/aromatic N) is 4. The third-order valence-corrected chi connectivity index (χ3v) is 5.90. The molecule has 0 aliphatic carbocycles. The fourth-order valence-electron chi connectivity index (χ4n) is 3.78. The van der Waals surface area contributed by atoms with Crippen LogP contribution in [-0.4, -0.2) is 27.2 Å². The highest BCUT2D eigenvalue weighted by molar-refractivity contribution is 5.94. The van der Waals surface area contributed by atoms with Crippen molar-refractivity contribution in [3.63, 3.8) is 0 Å². The van der Waals surface area contributed by atoms with Crippen LogP contribution in [0.4, 0.5) is 5.82 Å². The van der Waals surface area contributed by atoms with Gasteiger partial charge in [0.2, 0.25) is 5.91 Å². The molecule has 4 aromatic rings. The molecule has 0 radical (unpaired) electrons. The molecular weight excluding hydrogens is 452 g/mol. The van der Waals surface area contributed by atoms with Crippen molar-refractivity contribution in [2.24, 2.45) is 7.05 Å². The number of nitrogens with one attached hydrogen (secondary N) is 2. The molecule has 0 saturated heterocycles. The van der Waals surface area contributed by atoms with Gasteiger partial charge >= 0.3 is 0 Å². The molecule has 2 heterocycles. The molecule has 2 N–H and O–H groups in total. The maximum Gasteiger partial charge on any atom is 0.266 e. The van der Waals surface area contributed by atoms with Crippen molar-refractivity contribution in [3.05, 3.63) is 112 Å². The smallest absolute Gasteiger partial charge is 0.266 e. The quantitative estimate of drug-likeness (QED) is 0.398. The Kier molecular flexibility index (Phi) is 7.63. The number of rotatable bonds is 8. The van der Waals surface area contributed by atoms with Crippen molar-refractivity contribution in [2.75, 3.05) is 11.9 Å². The van der Waals surface area contributed by atoms with E-state index in [-0.39, 0.29) is 17.4 Å². The summed E-state index contributed by atoms with van der Waals surface area (Å²) < 4.78 is 1.26. The fraction of sp³-hybridized carbons (Fsp3) is 0.179. The number of carbonyl (C=O) groups is 1. The molecule has 0 spiro atoms. The Morgan fingerprint density at radius 2 is 1.75 bits per heavy atom. The predicted octanol–water partition coefficient (Wildman–Crippen LogP) is 3.79. The van der Waals surface area contributed by atoms with Gasteiger partial charge in [-0.25, -0.2) is 9.67 Å². The topological polar surface area (TPSA) is 113 Å². The number of pyridine rings is 1. The van der Waals surface area contributed by atoms with E-state index in [0.29, 0.717) is 23.6 Å². The van der Waals surface area contributed by atoms with E-state index in [1.807, 2.05) is 42.5 Å². The van der Waals surface area contributed by atoms with E-state index in [1.165, 1.54) is 10.7 Å². The summed E-state index contributed by atoms with van der Waals surface area (Å²) >= 11 is 0. The van der Waals surface area contributed by atoms with Crippen molar-refractivity contribution in [2.45, 2.75) is 18.9 Å². The summed E-state index contributed by atoms with van der Waals surface area (Å²) in [7, 11) is 1.59. The Balaban J connectivity index is 1.47. The van der Waals surface area contributed by atoms with Gasteiger partial charge in [-0.3, -0.25) is 9.59 Å². The molecular formula is C28H26N6O2. The first-order valence-corrected chi connectivity index (χ1v) is 11.5. The summed E-state index contributed by atoms with van der Waals surface area (Å²) in [5, 5.41) is 19.5. The van der Waals surface area contributed by atoms with Gasteiger partial charge in [0.1, 0.15) is 11.9 Å². The lowest BCUT2D eigenvalue weighted by Gasteiger charge is -2.21. The van der Waals surface area contributed by atoms with Gasteiger partial charge in [0.15, 0.2) is 0 Å². The van der Waals surface area contributed by atoms with Gasteiger partial charge in [0, 0.05) is 31.4 Å². The Hall–Kier alpha value is -4.61. The summed E-state index contributed by atoms with van der Waals surface area (Å²) in [6, 6.07) is 25.1. The van der Waals surface area contributed by atoms with Crippen molar-refractivity contribution in [1.82, 2.24) is 20.1 Å². The van der Waals surface area contributed by atoms with Crippen molar-refractivity contribution < 1.29 is 4.79 Å². The van der Waals surface area contributed by atoms with E-state index in [1.54, 1.807) is 43.6 Å². The van der Waals surface area contributed by atoms with Crippen LogP contribution in [0.1, 0.15) is 35.6 Å². The highest BCUT2D eigenvalue weighted by atomic mass is 16.2. The molecule has 0 aliphatic heterocycles. The first-order chi connectivity index (χ1) is 17.4. The number of nitriles is 1. The second-order valence-corrected chi connectivity index (χ2v) is 8.49. The number of aryl methyl sites for hydroxylation is 1. The van der Waals surface area contributed by atoms with Gasteiger partial charge < -0.3 is 10.6 Å². The second kappa shape index (κ2) is 11.2. The molecule has 0 bridgehead atoms. The van der Waals surface area contributed by atoms with E-state index in [9.17, 15) is 9.59 Å². The zero-order valence-electron chi connectivity index (χ0n) is 20.1. The van der Waals surface area contributed by atoms with E-state index < -0.39 is 6.04 Å². The lowest BCUT2D eigenvalue weighted by atomic mass is 9.98. The maximum atomic E-state index is 13.3. The Morgan fingerprint density at radius 3 is 2.39 bits per heavy atom. The van der Waals surface area contributed by atoms with Crippen LogP contribution < -0.4 is 16.2 Å². The largest absolute Gasteiger partial charge is 0.309 e. The van der Waals surface area contributed by atoms with Crippen LogP contribution in [0, 0.1) is 11.3 Å². The van der Waals surface area contributed by atoms with Crippen LogP contribution in [0.25, 0.3) is 11.3 Å². The molecule has 180 valence electrons. The van der Waals surface area contributed by atoms with Gasteiger partial charge in [0.25, 0.3) is 5.56 Å². The number of carbonyl (C=O) groups excluding carboxylic acids is 1. The molecule has 8 heteroatoms. The van der Waals surface area contributed by atoms with Crippen molar-refractivity contribution in [3.8, 4) is 17.3 Å². The molecule has 2 atom stereocenters. The fourth-order valence-corrected chi connectivity index (χ4v) is 3.78.